The van der Waals surface area contributed by atoms with Gasteiger partial charge in [0, 0.05) is 0 Å². The van der Waals surface area contributed by atoms with E-state index in [1.165, 1.54) is 0 Å². The first-order chi connectivity index (χ1) is 12.7. The Hall–Kier alpha value is 4.26. The predicted octanol–water partition coefficient (Wildman–Crippen LogP) is 3.43. The Labute approximate surface area is 223 Å². The zero-order chi connectivity index (χ0) is 18.3. The summed E-state index contributed by atoms with van der Waals surface area (Å²) in [6.45, 7) is 0. The van der Waals surface area contributed by atoms with Crippen molar-refractivity contribution in [2.45, 2.75) is 23.3 Å². The monoisotopic (exact) mass is 947 g/mol. The molecule has 0 spiro atoms. The van der Waals surface area contributed by atoms with E-state index in [-0.39, 0.29) is 0 Å². The van der Waals surface area contributed by atoms with Gasteiger partial charge in [-0.05, 0) is 0 Å². The molecule has 0 saturated carbocycles. The quantitative estimate of drug-likeness (QED) is 0.397. The summed E-state index contributed by atoms with van der Waals surface area (Å²) in [6, 6.07) is 0. The Morgan fingerprint density at radius 1 is 0.462 bits per heavy atom. The Morgan fingerprint density at radius 3 is 0.962 bits per heavy atom. The molecule has 0 aromatic heterocycles. The molecule has 140 valence electrons. The van der Waals surface area contributed by atoms with Crippen LogP contribution < -0.4 is 0 Å². The molecule has 0 fully saturated rings. The minimum absolute atomic E-state index is 0.700. The summed E-state index contributed by atoms with van der Waals surface area (Å²) in [6.07, 6.45) is 0. The third-order valence-corrected chi connectivity index (χ3v) is 42.2. The Bertz CT molecular complexity index is 688. The summed E-state index contributed by atoms with van der Waals surface area (Å²) in [4.78, 5) is 0. The van der Waals surface area contributed by atoms with Crippen LogP contribution in [0.2, 0.25) is 23.3 Å². The first kappa shape index (κ1) is 23.4. The predicted molar refractivity (Wildman–Crippen MR) is 135 cm³/mol. The molecular weight excluding hydrogens is 928 g/mol. The first-order valence-electron chi connectivity index (χ1n) is 6.97. The van der Waals surface area contributed by atoms with Gasteiger partial charge < -0.3 is 0 Å². The summed E-state index contributed by atoms with van der Waals surface area (Å²) >= 11 is 14.3. The van der Waals surface area contributed by atoms with Gasteiger partial charge in [0.05, 0.1) is 0 Å². The van der Waals surface area contributed by atoms with Crippen LogP contribution in [0, 0.1) is 0 Å². The van der Waals surface area contributed by atoms with E-state index in [0.717, 1.165) is 59.8 Å². The number of rotatable bonds is 4. The summed E-state index contributed by atoms with van der Waals surface area (Å²) in [5, 5.41) is 0. The molecule has 0 bridgehead atoms. The molecule has 4 rings (SSSR count). The molecule has 4 heterocycles. The zero-order valence-corrected chi connectivity index (χ0v) is 30.9. The van der Waals surface area contributed by atoms with E-state index in [1.807, 2.05) is 20.2 Å². The maximum absolute atomic E-state index is 2.42. The maximum atomic E-state index is 2.42. The van der Waals surface area contributed by atoms with E-state index in [0.29, 0.717) is 59.8 Å². The van der Waals surface area contributed by atoms with Gasteiger partial charge in [-0.25, -0.2) is 0 Å². The van der Waals surface area contributed by atoms with Crippen LogP contribution >= 0.6 is 47.0 Å². The van der Waals surface area contributed by atoms with Gasteiger partial charge in [-0.1, -0.05) is 0 Å². The van der Waals surface area contributed by atoms with E-state index < -0.39 is 0 Å². The fraction of sp³-hybridized carbons (Fsp3) is 0.286. The second-order valence-corrected chi connectivity index (χ2v) is 32.9. The van der Waals surface area contributed by atoms with Gasteiger partial charge in [-0.2, -0.15) is 0 Å². The number of hydrogen-bond donors (Lipinski definition) is 0. The molecule has 0 aliphatic carbocycles. The first-order valence-corrected chi connectivity index (χ1v) is 27.4. The normalized spacial score (nSPS) is 23.5. The van der Waals surface area contributed by atoms with Crippen molar-refractivity contribution < 1.29 is 0 Å². The minimum atomic E-state index is 0.700. The van der Waals surface area contributed by atoms with Gasteiger partial charge in [-0.15, -0.1) is 0 Å². The van der Waals surface area contributed by atoms with Gasteiger partial charge in [0.25, 0.3) is 0 Å². The molecule has 26 heavy (non-hydrogen) atoms. The molecule has 0 aromatic rings. The molecule has 0 N–H and O–H groups in total. The molecule has 0 nitrogen and oxygen atoms in total. The summed E-state index contributed by atoms with van der Waals surface area (Å²) in [5.41, 5.74) is 0. The van der Waals surface area contributed by atoms with E-state index in [1.54, 1.807) is 16.9 Å². The van der Waals surface area contributed by atoms with Crippen LogP contribution in [-0.2, 0) is 0 Å². The van der Waals surface area contributed by atoms with Crippen molar-refractivity contribution in [2.75, 3.05) is 0 Å². The van der Waals surface area contributed by atoms with Crippen LogP contribution in [0.1, 0.15) is 0 Å². The molecule has 4 aliphatic heterocycles. The molecule has 0 aromatic carbocycles. The van der Waals surface area contributed by atoms with Crippen LogP contribution in [0.25, 0.3) is 0 Å². The third kappa shape index (κ3) is 5.08. The van der Waals surface area contributed by atoms with E-state index >= 15 is 0 Å². The van der Waals surface area contributed by atoms with Gasteiger partial charge >= 0.3 is 227 Å². The van der Waals surface area contributed by atoms with Gasteiger partial charge in [0.1, 0.15) is 0 Å². The molecule has 0 saturated heterocycles. The molecule has 4 aliphatic rings. The molecule has 0 amide bonds. The summed E-state index contributed by atoms with van der Waals surface area (Å²) < 4.78 is 18.0. The topological polar surface area (TPSA) is 0 Å². The van der Waals surface area contributed by atoms with Gasteiger partial charge in [-0.3, -0.25) is 0 Å². The van der Waals surface area contributed by atoms with Crippen LogP contribution in [-0.4, -0.2) is 120 Å². The Kier molecular flexibility index (Phi) is 9.83. The van der Waals surface area contributed by atoms with Crippen LogP contribution in [0.5, 0.6) is 0 Å². The molecule has 0 atom stereocenters. The molecular formula is C14H12S4Se8. The van der Waals surface area contributed by atoms with Gasteiger partial charge in [0.2, 0.25) is 0 Å². The average molecular weight is 940 g/mol. The number of hydrogen-bond acceptors (Lipinski definition) is 4. The van der Waals surface area contributed by atoms with Crippen molar-refractivity contribution in [2.24, 2.45) is 0 Å². The van der Waals surface area contributed by atoms with Crippen LogP contribution in [0.15, 0.2) is 37.2 Å². The van der Waals surface area contributed by atoms with E-state index in [4.69, 9.17) is 0 Å². The second-order valence-electron chi connectivity index (χ2n) is 4.51. The molecule has 0 radical (unpaired) electrons. The van der Waals surface area contributed by atoms with Crippen molar-refractivity contribution in [1.29, 1.82) is 0 Å². The van der Waals surface area contributed by atoms with Gasteiger partial charge in [0.15, 0.2) is 0 Å². The van der Waals surface area contributed by atoms with Crippen molar-refractivity contribution in [1.82, 2.24) is 0 Å². The third-order valence-electron chi connectivity index (χ3n) is 3.06. The van der Waals surface area contributed by atoms with E-state index in [9.17, 15) is 0 Å². The molecule has 12 heteroatoms. The van der Waals surface area contributed by atoms with Crippen molar-refractivity contribution in [3.63, 3.8) is 0 Å². The standard InChI is InChI=1S/C14H12S4Se8/c1-19-11-12(20-2)24-9(23-11)7-15-5-6(16-7)18-8(17-5)10-25-13(21-3)14(22-4)26-10/h1-4H3. The average Bonchev–Trinajstić information content (AvgIpc) is 3.39. The Balaban J connectivity index is 1.44. The van der Waals surface area contributed by atoms with Crippen molar-refractivity contribution in [3.8, 4) is 0 Å². The summed E-state index contributed by atoms with van der Waals surface area (Å²) in [7, 11) is 0. The summed E-state index contributed by atoms with van der Waals surface area (Å²) in [5.74, 6) is 9.70. The van der Waals surface area contributed by atoms with Crippen LogP contribution in [0.4, 0.5) is 0 Å². The second kappa shape index (κ2) is 10.9. The van der Waals surface area contributed by atoms with Crippen LogP contribution in [0.3, 0.4) is 0 Å². The Morgan fingerprint density at radius 2 is 0.731 bits per heavy atom. The fourth-order valence-corrected chi connectivity index (χ4v) is 44.8. The van der Waals surface area contributed by atoms with Crippen molar-refractivity contribution >= 4 is 167 Å². The molecule has 0 unspecified atom stereocenters. The van der Waals surface area contributed by atoms with Crippen molar-refractivity contribution in [3.05, 3.63) is 37.2 Å². The number of thioether (sulfide) groups is 4. The SMILES string of the molecule is C[Se]C1=C([Se]C)[Se]C(=C2SC3=C(S2)SC(=C2[Se]C([Se]C)=C([Se]C)[Se]2)S3)[Se]1. The fourth-order valence-electron chi connectivity index (χ4n) is 1.97. The van der Waals surface area contributed by atoms with E-state index in [2.05, 4.69) is 70.3 Å². The zero-order valence-electron chi connectivity index (χ0n) is 13.9.